The molecule has 0 unspecified atom stereocenters. The van der Waals surface area contributed by atoms with Crippen LogP contribution in [0.2, 0.25) is 0 Å². The maximum atomic E-state index is 12.8. The zero-order chi connectivity index (χ0) is 18.9. The number of carbonyl (C=O) groups is 1. The van der Waals surface area contributed by atoms with Crippen LogP contribution in [-0.2, 0) is 10.0 Å². The van der Waals surface area contributed by atoms with Crippen molar-refractivity contribution in [3.05, 3.63) is 65.9 Å². The predicted molar refractivity (Wildman–Crippen MR) is 102 cm³/mol. The Morgan fingerprint density at radius 1 is 1.08 bits per heavy atom. The summed E-state index contributed by atoms with van der Waals surface area (Å²) in [6, 6.07) is 13.6. The van der Waals surface area contributed by atoms with Gasteiger partial charge in [-0.2, -0.15) is 0 Å². The van der Waals surface area contributed by atoms with Crippen molar-refractivity contribution >= 4 is 32.5 Å². The molecule has 2 aromatic carbocycles. The normalized spacial score (nSPS) is 11.7. The molecule has 0 saturated carbocycles. The Kier molecular flexibility index (Phi) is 4.76. The molecule has 0 atom stereocenters. The lowest BCUT2D eigenvalue weighted by molar-refractivity contribution is 0.102. The lowest BCUT2D eigenvalue weighted by Gasteiger charge is -2.15. The number of fused-ring (bicyclic) bond motifs is 1. The Morgan fingerprint density at radius 2 is 1.85 bits per heavy atom. The van der Waals surface area contributed by atoms with Gasteiger partial charge in [-0.3, -0.25) is 9.78 Å². The minimum Gasteiger partial charge on any atom is -0.322 e. The van der Waals surface area contributed by atoms with Crippen LogP contribution >= 0.6 is 0 Å². The average molecular weight is 369 g/mol. The third-order valence-corrected chi connectivity index (χ3v) is 5.94. The van der Waals surface area contributed by atoms with E-state index >= 15 is 0 Å². The fraction of sp³-hybridized carbons (Fsp3) is 0.158. The number of aromatic nitrogens is 1. The first-order valence-electron chi connectivity index (χ1n) is 7.99. The summed E-state index contributed by atoms with van der Waals surface area (Å²) in [5, 5.41) is 3.56. The molecule has 1 aromatic heterocycles. The van der Waals surface area contributed by atoms with E-state index in [1.807, 2.05) is 19.1 Å². The summed E-state index contributed by atoms with van der Waals surface area (Å²) in [5.74, 6) is -0.314. The number of anilines is 1. The van der Waals surface area contributed by atoms with Crippen LogP contribution < -0.4 is 5.32 Å². The van der Waals surface area contributed by atoms with Gasteiger partial charge in [0.2, 0.25) is 10.0 Å². The lowest BCUT2D eigenvalue weighted by atomic mass is 10.1. The van der Waals surface area contributed by atoms with E-state index in [1.54, 1.807) is 30.5 Å². The van der Waals surface area contributed by atoms with Gasteiger partial charge in [-0.15, -0.1) is 0 Å². The Labute approximate surface area is 152 Å². The minimum absolute atomic E-state index is 0.128. The van der Waals surface area contributed by atoms with E-state index < -0.39 is 10.0 Å². The van der Waals surface area contributed by atoms with Gasteiger partial charge >= 0.3 is 0 Å². The van der Waals surface area contributed by atoms with E-state index in [0.29, 0.717) is 11.3 Å². The molecule has 0 fully saturated rings. The fourth-order valence-electron chi connectivity index (χ4n) is 2.60. The van der Waals surface area contributed by atoms with Gasteiger partial charge in [0, 0.05) is 36.9 Å². The van der Waals surface area contributed by atoms with Crippen LogP contribution in [0.4, 0.5) is 5.69 Å². The number of aryl methyl sites for hydroxylation is 1. The molecule has 1 N–H and O–H groups in total. The minimum atomic E-state index is -3.58. The van der Waals surface area contributed by atoms with E-state index in [4.69, 9.17) is 0 Å². The van der Waals surface area contributed by atoms with Gasteiger partial charge in [0.1, 0.15) is 0 Å². The molecule has 134 valence electrons. The topological polar surface area (TPSA) is 79.4 Å². The van der Waals surface area contributed by atoms with Crippen LogP contribution in [0.1, 0.15) is 15.9 Å². The highest BCUT2D eigenvalue weighted by Crippen LogP contribution is 2.24. The smallest absolute Gasteiger partial charge is 0.256 e. The van der Waals surface area contributed by atoms with E-state index in [0.717, 1.165) is 20.8 Å². The van der Waals surface area contributed by atoms with Crippen molar-refractivity contribution in [2.75, 3.05) is 19.4 Å². The molecule has 26 heavy (non-hydrogen) atoms. The first kappa shape index (κ1) is 18.0. The second-order valence-electron chi connectivity index (χ2n) is 6.09. The molecular weight excluding hydrogens is 350 g/mol. The van der Waals surface area contributed by atoms with Crippen molar-refractivity contribution in [3.63, 3.8) is 0 Å². The Bertz CT molecular complexity index is 1090. The first-order chi connectivity index (χ1) is 12.3. The van der Waals surface area contributed by atoms with E-state index in [2.05, 4.69) is 10.3 Å². The molecule has 7 heteroatoms. The lowest BCUT2D eigenvalue weighted by Crippen LogP contribution is -2.22. The van der Waals surface area contributed by atoms with Gasteiger partial charge in [-0.1, -0.05) is 18.2 Å². The molecule has 0 bridgehead atoms. The highest BCUT2D eigenvalue weighted by Gasteiger charge is 2.19. The number of pyridine rings is 1. The summed E-state index contributed by atoms with van der Waals surface area (Å²) < 4.78 is 25.8. The summed E-state index contributed by atoms with van der Waals surface area (Å²) >= 11 is 0. The second kappa shape index (κ2) is 6.86. The zero-order valence-electron chi connectivity index (χ0n) is 14.7. The third kappa shape index (κ3) is 3.31. The van der Waals surface area contributed by atoms with Crippen LogP contribution in [-0.4, -0.2) is 37.7 Å². The predicted octanol–water partition coefficient (Wildman–Crippen LogP) is 3.05. The molecule has 3 rings (SSSR count). The van der Waals surface area contributed by atoms with E-state index in [9.17, 15) is 13.2 Å². The molecule has 1 heterocycles. The van der Waals surface area contributed by atoms with Gasteiger partial charge in [0.05, 0.1) is 10.4 Å². The van der Waals surface area contributed by atoms with Gasteiger partial charge in [-0.05, 0) is 42.8 Å². The van der Waals surface area contributed by atoms with Gasteiger partial charge < -0.3 is 5.32 Å². The van der Waals surface area contributed by atoms with E-state index in [1.165, 1.54) is 26.2 Å². The summed E-state index contributed by atoms with van der Waals surface area (Å²) in [6.07, 6.45) is 1.67. The molecule has 0 radical (unpaired) electrons. The SMILES string of the molecule is Cc1ccc(S(=O)(=O)N(C)C)cc1NC(=O)c1cccc2ncccc12. The highest BCUT2D eigenvalue weighted by atomic mass is 32.2. The van der Waals surface area contributed by atoms with Crippen molar-refractivity contribution in [1.29, 1.82) is 0 Å². The summed E-state index contributed by atoms with van der Waals surface area (Å²) in [7, 11) is -0.642. The number of hydrogen-bond acceptors (Lipinski definition) is 4. The van der Waals surface area contributed by atoms with Gasteiger partial charge in [0.25, 0.3) is 5.91 Å². The van der Waals surface area contributed by atoms with Crippen LogP contribution in [0.25, 0.3) is 10.9 Å². The molecular formula is C19H19N3O3S. The third-order valence-electron chi connectivity index (χ3n) is 4.13. The van der Waals surface area contributed by atoms with E-state index in [-0.39, 0.29) is 10.8 Å². The monoisotopic (exact) mass is 369 g/mol. The standard InChI is InChI=1S/C19H19N3O3S/c1-13-9-10-14(26(24,25)22(2)3)12-18(13)21-19(23)16-6-4-8-17-15(16)7-5-11-20-17/h4-12H,1-3H3,(H,21,23). The van der Waals surface area contributed by atoms with Crippen LogP contribution in [0.3, 0.4) is 0 Å². The number of rotatable bonds is 4. The average Bonchev–Trinajstić information content (AvgIpc) is 2.62. The molecule has 0 spiro atoms. The molecule has 0 saturated heterocycles. The first-order valence-corrected chi connectivity index (χ1v) is 9.43. The van der Waals surface area contributed by atoms with Crippen molar-refractivity contribution < 1.29 is 13.2 Å². The summed E-state index contributed by atoms with van der Waals surface area (Å²) in [6.45, 7) is 1.81. The summed E-state index contributed by atoms with van der Waals surface area (Å²) in [4.78, 5) is 17.2. The Balaban J connectivity index is 1.99. The number of sulfonamides is 1. The molecule has 0 aliphatic heterocycles. The van der Waals surface area contributed by atoms with Crippen LogP contribution in [0, 0.1) is 6.92 Å². The van der Waals surface area contributed by atoms with Crippen molar-refractivity contribution in [3.8, 4) is 0 Å². The van der Waals surface area contributed by atoms with Gasteiger partial charge in [0.15, 0.2) is 0 Å². The molecule has 0 aliphatic carbocycles. The fourth-order valence-corrected chi connectivity index (χ4v) is 3.53. The number of benzene rings is 2. The van der Waals surface area contributed by atoms with Gasteiger partial charge in [-0.25, -0.2) is 12.7 Å². The number of nitrogens with zero attached hydrogens (tertiary/aromatic N) is 2. The number of carbonyl (C=O) groups excluding carboxylic acids is 1. The largest absolute Gasteiger partial charge is 0.322 e. The number of amides is 1. The van der Waals surface area contributed by atoms with Crippen LogP contribution in [0.5, 0.6) is 0 Å². The highest BCUT2D eigenvalue weighted by molar-refractivity contribution is 7.89. The van der Waals surface area contributed by atoms with Crippen LogP contribution in [0.15, 0.2) is 59.6 Å². The number of nitrogens with one attached hydrogen (secondary N) is 1. The summed E-state index contributed by atoms with van der Waals surface area (Å²) in [5.41, 5.74) is 2.44. The number of hydrogen-bond donors (Lipinski definition) is 1. The quantitative estimate of drug-likeness (QED) is 0.767. The maximum absolute atomic E-state index is 12.8. The maximum Gasteiger partial charge on any atom is 0.256 e. The molecule has 1 amide bonds. The van der Waals surface area contributed by atoms with Crippen molar-refractivity contribution in [2.45, 2.75) is 11.8 Å². The Hall–Kier alpha value is -2.77. The van der Waals surface area contributed by atoms with Crippen molar-refractivity contribution in [1.82, 2.24) is 9.29 Å². The molecule has 3 aromatic rings. The Morgan fingerprint density at radius 3 is 2.58 bits per heavy atom. The van der Waals surface area contributed by atoms with Crippen molar-refractivity contribution in [2.24, 2.45) is 0 Å². The molecule has 6 nitrogen and oxygen atoms in total. The second-order valence-corrected chi connectivity index (χ2v) is 8.25. The zero-order valence-corrected chi connectivity index (χ0v) is 15.5. The molecule has 0 aliphatic rings.